The number of nitrogens with one attached hydrogen (secondary N) is 2. The van der Waals surface area contributed by atoms with Crippen LogP contribution in [0.2, 0.25) is 0 Å². The molecule has 0 spiro atoms. The number of fused-ring (bicyclic) bond motifs is 1. The lowest BCUT2D eigenvalue weighted by atomic mass is 9.88. The lowest BCUT2D eigenvalue weighted by Gasteiger charge is -2.36. The van der Waals surface area contributed by atoms with Crippen LogP contribution in [0.4, 0.5) is 0 Å². The number of nitrogens with zero attached hydrogens (tertiary/aromatic N) is 2. The fourth-order valence-electron chi connectivity index (χ4n) is 6.82. The highest BCUT2D eigenvalue weighted by atomic mass is 32.2. The van der Waals surface area contributed by atoms with Crippen molar-refractivity contribution < 1.29 is 22.7 Å². The monoisotopic (exact) mass is 623 g/mol. The van der Waals surface area contributed by atoms with Gasteiger partial charge in [0.25, 0.3) is 0 Å². The first kappa shape index (κ1) is 32.0. The predicted octanol–water partition coefficient (Wildman–Crippen LogP) is 3.50. The highest BCUT2D eigenvalue weighted by Crippen LogP contribution is 2.42. The summed E-state index contributed by atoms with van der Waals surface area (Å²) in [7, 11) is -4.06. The smallest absolute Gasteiger partial charge is 0.245 e. The molecule has 2 aromatic rings. The molecule has 3 aliphatic heterocycles. The maximum absolute atomic E-state index is 14.0. The van der Waals surface area contributed by atoms with Gasteiger partial charge in [0, 0.05) is 31.6 Å². The van der Waals surface area contributed by atoms with Crippen molar-refractivity contribution in [3.05, 3.63) is 57.6 Å². The first-order chi connectivity index (χ1) is 20.7. The van der Waals surface area contributed by atoms with Crippen molar-refractivity contribution in [2.45, 2.75) is 102 Å². The highest BCUT2D eigenvalue weighted by molar-refractivity contribution is 7.89. The third kappa shape index (κ3) is 6.21. The van der Waals surface area contributed by atoms with Crippen molar-refractivity contribution in [3.8, 4) is 5.75 Å². The van der Waals surface area contributed by atoms with Gasteiger partial charge in [0.1, 0.15) is 29.3 Å². The number of carbonyl (C=O) groups is 2. The molecule has 44 heavy (non-hydrogen) atoms. The molecule has 10 nitrogen and oxygen atoms in total. The SMILES string of the molecule is Cc1c(C)c(S(=O)(=O)N[C@H]2CCN(C(Cc3ccc(C(=N)N)cc3)C(=O)N3CCCCC3)C2=O)c(C)c2c1OC(C)(C)CC2. The average molecular weight is 624 g/mol. The number of amidine groups is 1. The molecule has 0 radical (unpaired) electrons. The summed E-state index contributed by atoms with van der Waals surface area (Å²) < 4.78 is 36.9. The normalized spacial score (nSPS) is 20.7. The number of benzene rings is 2. The molecule has 2 amide bonds. The zero-order valence-corrected chi connectivity index (χ0v) is 27.3. The number of hydrogen-bond donors (Lipinski definition) is 3. The van der Waals surface area contributed by atoms with Crippen molar-refractivity contribution in [1.82, 2.24) is 14.5 Å². The molecule has 3 heterocycles. The van der Waals surface area contributed by atoms with Gasteiger partial charge in [-0.15, -0.1) is 0 Å². The molecule has 0 aromatic heterocycles. The van der Waals surface area contributed by atoms with Gasteiger partial charge in [-0.3, -0.25) is 15.0 Å². The summed E-state index contributed by atoms with van der Waals surface area (Å²) in [6.07, 6.45) is 4.95. The van der Waals surface area contributed by atoms with Crippen molar-refractivity contribution in [2.75, 3.05) is 19.6 Å². The van der Waals surface area contributed by atoms with E-state index in [0.29, 0.717) is 36.2 Å². The second-order valence-corrected chi connectivity index (χ2v) is 14.7. The van der Waals surface area contributed by atoms with Gasteiger partial charge in [0.05, 0.1) is 4.90 Å². The van der Waals surface area contributed by atoms with Gasteiger partial charge in [0.2, 0.25) is 21.8 Å². The lowest BCUT2D eigenvalue weighted by Crippen LogP contribution is -2.53. The van der Waals surface area contributed by atoms with E-state index in [4.69, 9.17) is 15.9 Å². The first-order valence-electron chi connectivity index (χ1n) is 15.6. The molecule has 0 saturated carbocycles. The third-order valence-corrected chi connectivity index (χ3v) is 11.2. The number of nitrogens with two attached hydrogens (primary N) is 1. The van der Waals surface area contributed by atoms with E-state index < -0.39 is 22.1 Å². The van der Waals surface area contributed by atoms with Crippen LogP contribution < -0.4 is 15.2 Å². The quantitative estimate of drug-likeness (QED) is 0.303. The highest BCUT2D eigenvalue weighted by Gasteiger charge is 2.43. The van der Waals surface area contributed by atoms with Crippen molar-refractivity contribution in [1.29, 1.82) is 5.41 Å². The van der Waals surface area contributed by atoms with Gasteiger partial charge in [-0.2, -0.15) is 4.72 Å². The van der Waals surface area contributed by atoms with Crippen LogP contribution in [-0.4, -0.2) is 73.2 Å². The van der Waals surface area contributed by atoms with Gasteiger partial charge >= 0.3 is 0 Å². The number of carbonyl (C=O) groups excluding carboxylic acids is 2. The number of amides is 2. The Bertz CT molecular complexity index is 1580. The molecule has 2 atom stereocenters. The third-order valence-electron chi connectivity index (χ3n) is 9.50. The molecule has 1 unspecified atom stereocenters. The Balaban J connectivity index is 1.40. The van der Waals surface area contributed by atoms with Crippen molar-refractivity contribution in [2.24, 2.45) is 5.73 Å². The van der Waals surface area contributed by atoms with Gasteiger partial charge in [-0.1, -0.05) is 24.3 Å². The summed E-state index contributed by atoms with van der Waals surface area (Å²) in [5, 5.41) is 7.67. The molecular weight excluding hydrogens is 578 g/mol. The average Bonchev–Trinajstić information content (AvgIpc) is 3.33. The van der Waals surface area contributed by atoms with E-state index in [2.05, 4.69) is 4.72 Å². The van der Waals surface area contributed by atoms with E-state index in [1.54, 1.807) is 24.0 Å². The summed E-state index contributed by atoms with van der Waals surface area (Å²) in [6.45, 7) is 11.1. The Labute approximate surface area is 260 Å². The molecule has 2 saturated heterocycles. The summed E-state index contributed by atoms with van der Waals surface area (Å²) in [6, 6.07) is 5.39. The van der Waals surface area contributed by atoms with Gasteiger partial charge < -0.3 is 20.3 Å². The van der Waals surface area contributed by atoms with Crippen LogP contribution in [0.1, 0.15) is 79.3 Å². The fraction of sp³-hybridized carbons (Fsp3) is 0.545. The number of sulfonamides is 1. The van der Waals surface area contributed by atoms with Gasteiger partial charge in [-0.05, 0) is 101 Å². The predicted molar refractivity (Wildman–Crippen MR) is 170 cm³/mol. The topological polar surface area (TPSA) is 146 Å². The molecule has 4 N–H and O–H groups in total. The maximum Gasteiger partial charge on any atom is 0.245 e. The number of hydrogen-bond acceptors (Lipinski definition) is 6. The Morgan fingerprint density at radius 3 is 2.36 bits per heavy atom. The molecule has 5 rings (SSSR count). The largest absolute Gasteiger partial charge is 0.487 e. The molecule has 11 heteroatoms. The number of nitrogen functional groups attached to an aromatic ring is 1. The van der Waals surface area contributed by atoms with Crippen LogP contribution in [-0.2, 0) is 32.5 Å². The zero-order chi connectivity index (χ0) is 32.0. The van der Waals surface area contributed by atoms with Gasteiger partial charge in [-0.25, -0.2) is 8.42 Å². The molecule has 238 valence electrons. The minimum absolute atomic E-state index is 0.0432. The Morgan fingerprint density at radius 2 is 1.73 bits per heavy atom. The molecule has 0 bridgehead atoms. The number of ether oxygens (including phenoxy) is 1. The van der Waals surface area contributed by atoms with Crippen LogP contribution in [0.25, 0.3) is 0 Å². The number of likely N-dealkylation sites (tertiary alicyclic amines) is 2. The number of piperidine rings is 1. The van der Waals surface area contributed by atoms with Gasteiger partial charge in [0.15, 0.2) is 0 Å². The van der Waals surface area contributed by atoms with Crippen molar-refractivity contribution >= 4 is 27.7 Å². The lowest BCUT2D eigenvalue weighted by molar-refractivity contribution is -0.144. The van der Waals surface area contributed by atoms with E-state index in [-0.39, 0.29) is 47.5 Å². The molecular formula is C33H45N5O5S. The van der Waals surface area contributed by atoms with E-state index in [1.807, 2.05) is 44.7 Å². The number of rotatable bonds is 8. The van der Waals surface area contributed by atoms with E-state index in [1.165, 1.54) is 0 Å². The van der Waals surface area contributed by atoms with E-state index in [0.717, 1.165) is 48.1 Å². The second kappa shape index (κ2) is 12.2. The van der Waals surface area contributed by atoms with Crippen LogP contribution in [0.3, 0.4) is 0 Å². The van der Waals surface area contributed by atoms with Crippen molar-refractivity contribution in [3.63, 3.8) is 0 Å². The Kier molecular flexibility index (Phi) is 8.83. The van der Waals surface area contributed by atoms with Crippen LogP contribution in [0, 0.1) is 26.2 Å². The first-order valence-corrected chi connectivity index (χ1v) is 17.0. The molecule has 2 aromatic carbocycles. The van der Waals surface area contributed by atoms with Crippen LogP contribution in [0.5, 0.6) is 5.75 Å². The fourth-order valence-corrected chi connectivity index (χ4v) is 8.61. The Morgan fingerprint density at radius 1 is 1.07 bits per heavy atom. The summed E-state index contributed by atoms with van der Waals surface area (Å²) in [5.41, 5.74) is 9.66. The summed E-state index contributed by atoms with van der Waals surface area (Å²) in [4.78, 5) is 31.3. The minimum atomic E-state index is -4.06. The summed E-state index contributed by atoms with van der Waals surface area (Å²) in [5.74, 6) is 0.212. The molecule has 2 fully saturated rings. The van der Waals surface area contributed by atoms with Crippen LogP contribution in [0.15, 0.2) is 29.2 Å². The van der Waals surface area contributed by atoms with E-state index in [9.17, 15) is 18.0 Å². The minimum Gasteiger partial charge on any atom is -0.487 e. The standard InChI is InChI=1S/C33H45N5O5S/c1-20-21(2)29(22(3)25-13-15-33(4,5)43-28(20)25)44(41,42)36-26-14-18-38(31(26)39)27(32(40)37-16-7-6-8-17-37)19-23-9-11-24(12-10-23)30(34)35/h9-12,26-27,36H,6-8,13-19H2,1-5H3,(H3,34,35)/t26-,27?/m0/s1. The molecule has 3 aliphatic rings. The van der Waals surface area contributed by atoms with E-state index >= 15 is 0 Å². The maximum atomic E-state index is 14.0. The Hall–Kier alpha value is -3.44. The van der Waals surface area contributed by atoms with Crippen LogP contribution >= 0.6 is 0 Å². The zero-order valence-electron chi connectivity index (χ0n) is 26.5. The molecule has 0 aliphatic carbocycles. The second-order valence-electron chi connectivity index (χ2n) is 13.1. The summed E-state index contributed by atoms with van der Waals surface area (Å²) >= 11 is 0.